The summed E-state index contributed by atoms with van der Waals surface area (Å²) in [5, 5.41) is 3.09. The van der Waals surface area contributed by atoms with Gasteiger partial charge in [0.1, 0.15) is 5.15 Å². The Morgan fingerprint density at radius 1 is 1.53 bits per heavy atom. The molecule has 0 spiro atoms. The predicted molar refractivity (Wildman–Crippen MR) is 63.9 cm³/mol. The molecule has 0 radical (unpaired) electrons. The molecule has 2 aromatic rings. The van der Waals surface area contributed by atoms with Gasteiger partial charge < -0.3 is 9.73 Å². The highest BCUT2D eigenvalue weighted by Gasteiger charge is 2.07. The van der Waals surface area contributed by atoms with Crippen LogP contribution < -0.4 is 5.32 Å². The van der Waals surface area contributed by atoms with Crippen molar-refractivity contribution in [2.75, 3.05) is 0 Å². The number of halogens is 1. The number of nitrogens with zero attached hydrogens (tertiary/aromatic N) is 1. The molecule has 2 heterocycles. The van der Waals surface area contributed by atoms with E-state index in [2.05, 4.69) is 10.3 Å². The zero-order chi connectivity index (χ0) is 12.3. The Morgan fingerprint density at radius 3 is 3.00 bits per heavy atom. The maximum absolute atomic E-state index is 11.8. The van der Waals surface area contributed by atoms with Gasteiger partial charge in [0.15, 0.2) is 0 Å². The molecule has 88 valence electrons. The minimum absolute atomic E-state index is 0.182. The second kappa shape index (κ2) is 5.01. The molecule has 0 aliphatic carbocycles. The van der Waals surface area contributed by atoms with E-state index in [1.54, 1.807) is 37.6 Å². The number of nitrogens with one attached hydrogen (secondary N) is 1. The molecule has 5 heteroatoms. The topological polar surface area (TPSA) is 55.1 Å². The first-order valence-corrected chi connectivity index (χ1v) is 5.46. The molecule has 4 nitrogen and oxygen atoms in total. The van der Waals surface area contributed by atoms with Crippen molar-refractivity contribution in [2.24, 2.45) is 0 Å². The molecule has 0 aliphatic heterocycles. The average molecular weight is 251 g/mol. The summed E-state index contributed by atoms with van der Waals surface area (Å²) >= 11 is 5.79. The molecule has 2 aromatic heterocycles. The molecule has 0 bridgehead atoms. The zero-order valence-corrected chi connectivity index (χ0v) is 9.99. The summed E-state index contributed by atoms with van der Waals surface area (Å²) in [6.07, 6.45) is 3.15. The smallest absolute Gasteiger partial charge is 0.251 e. The van der Waals surface area contributed by atoms with Gasteiger partial charge in [-0.1, -0.05) is 11.6 Å². The van der Waals surface area contributed by atoms with Crippen LogP contribution in [0, 0.1) is 6.92 Å². The van der Waals surface area contributed by atoms with Crippen molar-refractivity contribution in [3.05, 3.63) is 52.7 Å². The molecule has 0 saturated heterocycles. The van der Waals surface area contributed by atoms with Gasteiger partial charge in [0.25, 0.3) is 5.91 Å². The fourth-order valence-electron chi connectivity index (χ4n) is 1.44. The molecule has 1 amide bonds. The van der Waals surface area contributed by atoms with Crippen LogP contribution >= 0.6 is 11.6 Å². The van der Waals surface area contributed by atoms with Gasteiger partial charge in [-0.2, -0.15) is 0 Å². The van der Waals surface area contributed by atoms with Crippen LogP contribution in [0.25, 0.3) is 0 Å². The summed E-state index contributed by atoms with van der Waals surface area (Å²) in [5.41, 5.74) is 2.13. The molecule has 0 atom stereocenters. The second-order valence-electron chi connectivity index (χ2n) is 3.63. The van der Waals surface area contributed by atoms with Crippen molar-refractivity contribution in [3.63, 3.8) is 0 Å². The molecule has 2 rings (SSSR count). The number of furan rings is 1. The number of pyridine rings is 1. The summed E-state index contributed by atoms with van der Waals surface area (Å²) in [7, 11) is 0. The Balaban J connectivity index is 2.04. The largest absolute Gasteiger partial charge is 0.472 e. The van der Waals surface area contributed by atoms with E-state index in [-0.39, 0.29) is 5.91 Å². The Hall–Kier alpha value is -1.81. The molecule has 0 aromatic carbocycles. The molecule has 17 heavy (non-hydrogen) atoms. The Morgan fingerprint density at radius 2 is 2.35 bits per heavy atom. The molecular weight excluding hydrogens is 240 g/mol. The molecular formula is C12H11ClN2O2. The fourth-order valence-corrected chi connectivity index (χ4v) is 1.69. The van der Waals surface area contributed by atoms with E-state index in [0.29, 0.717) is 23.0 Å². The third kappa shape index (κ3) is 3.07. The van der Waals surface area contributed by atoms with Gasteiger partial charge in [-0.3, -0.25) is 4.79 Å². The molecule has 0 unspecified atom stereocenters. The monoisotopic (exact) mass is 250 g/mol. The van der Waals surface area contributed by atoms with Crippen molar-refractivity contribution in [1.82, 2.24) is 10.3 Å². The van der Waals surface area contributed by atoms with Crippen molar-refractivity contribution in [1.29, 1.82) is 0 Å². The standard InChI is InChI=1S/C12H11ClN2O2/c1-8-4-10(5-11(13)15-8)12(16)14-6-9-2-3-17-7-9/h2-5,7H,6H2,1H3,(H,14,16). The van der Waals surface area contributed by atoms with Crippen molar-refractivity contribution in [2.45, 2.75) is 13.5 Å². The Bertz CT molecular complexity index is 503. The SMILES string of the molecule is Cc1cc(C(=O)NCc2ccoc2)cc(Cl)n1. The number of carbonyl (C=O) groups excluding carboxylic acids is 1. The van der Waals surface area contributed by atoms with E-state index < -0.39 is 0 Å². The molecule has 0 fully saturated rings. The van der Waals surface area contributed by atoms with Crippen LogP contribution in [-0.4, -0.2) is 10.9 Å². The lowest BCUT2D eigenvalue weighted by Gasteiger charge is -2.04. The number of hydrogen-bond acceptors (Lipinski definition) is 3. The van der Waals surface area contributed by atoms with Gasteiger partial charge in [0.05, 0.1) is 12.5 Å². The highest BCUT2D eigenvalue weighted by molar-refractivity contribution is 6.29. The van der Waals surface area contributed by atoms with Crippen LogP contribution in [0.3, 0.4) is 0 Å². The van der Waals surface area contributed by atoms with Gasteiger partial charge >= 0.3 is 0 Å². The van der Waals surface area contributed by atoms with Crippen LogP contribution in [-0.2, 0) is 6.54 Å². The van der Waals surface area contributed by atoms with E-state index in [9.17, 15) is 4.79 Å². The van der Waals surface area contributed by atoms with Crippen LogP contribution in [0.5, 0.6) is 0 Å². The predicted octanol–water partition coefficient (Wildman–Crippen LogP) is 2.57. The van der Waals surface area contributed by atoms with Crippen LogP contribution in [0.15, 0.2) is 35.1 Å². The lowest BCUT2D eigenvalue weighted by Crippen LogP contribution is -2.22. The van der Waals surface area contributed by atoms with Gasteiger partial charge in [-0.15, -0.1) is 0 Å². The van der Waals surface area contributed by atoms with E-state index in [4.69, 9.17) is 16.0 Å². The molecule has 0 saturated carbocycles. The first-order chi connectivity index (χ1) is 8.15. The van der Waals surface area contributed by atoms with E-state index in [0.717, 1.165) is 5.56 Å². The number of rotatable bonds is 3. The summed E-state index contributed by atoms with van der Waals surface area (Å²) in [5.74, 6) is -0.182. The third-order valence-corrected chi connectivity index (χ3v) is 2.41. The first kappa shape index (κ1) is 11.7. The summed E-state index contributed by atoms with van der Waals surface area (Å²) in [4.78, 5) is 15.8. The maximum Gasteiger partial charge on any atom is 0.251 e. The normalized spacial score (nSPS) is 10.2. The van der Waals surface area contributed by atoms with Crippen molar-refractivity contribution < 1.29 is 9.21 Å². The summed E-state index contributed by atoms with van der Waals surface area (Å²) < 4.78 is 4.91. The van der Waals surface area contributed by atoms with Gasteiger partial charge in [0.2, 0.25) is 0 Å². The fraction of sp³-hybridized carbons (Fsp3) is 0.167. The quantitative estimate of drug-likeness (QED) is 0.852. The minimum atomic E-state index is -0.182. The van der Waals surface area contributed by atoms with Crippen LogP contribution in [0.2, 0.25) is 5.15 Å². The number of carbonyl (C=O) groups is 1. The highest BCUT2D eigenvalue weighted by Crippen LogP contribution is 2.10. The first-order valence-electron chi connectivity index (χ1n) is 5.08. The minimum Gasteiger partial charge on any atom is -0.472 e. The number of aryl methyl sites for hydroxylation is 1. The van der Waals surface area contributed by atoms with Gasteiger partial charge in [-0.25, -0.2) is 4.98 Å². The lowest BCUT2D eigenvalue weighted by molar-refractivity contribution is 0.0950. The molecule has 1 N–H and O–H groups in total. The van der Waals surface area contributed by atoms with E-state index >= 15 is 0 Å². The lowest BCUT2D eigenvalue weighted by atomic mass is 10.2. The number of aromatic nitrogens is 1. The van der Waals surface area contributed by atoms with Gasteiger partial charge in [0, 0.05) is 23.4 Å². The number of amides is 1. The average Bonchev–Trinajstić information content (AvgIpc) is 2.77. The third-order valence-electron chi connectivity index (χ3n) is 2.22. The van der Waals surface area contributed by atoms with Crippen molar-refractivity contribution in [3.8, 4) is 0 Å². The summed E-state index contributed by atoms with van der Waals surface area (Å²) in [6.45, 7) is 2.22. The molecule has 0 aliphatic rings. The van der Waals surface area contributed by atoms with Crippen molar-refractivity contribution >= 4 is 17.5 Å². The zero-order valence-electron chi connectivity index (χ0n) is 9.24. The highest BCUT2D eigenvalue weighted by atomic mass is 35.5. The summed E-state index contributed by atoms with van der Waals surface area (Å²) in [6, 6.07) is 5.03. The van der Waals surface area contributed by atoms with E-state index in [1.807, 2.05) is 0 Å². The van der Waals surface area contributed by atoms with E-state index in [1.165, 1.54) is 0 Å². The Kier molecular flexibility index (Phi) is 3.44. The second-order valence-corrected chi connectivity index (χ2v) is 4.02. The number of hydrogen-bond donors (Lipinski definition) is 1. The van der Waals surface area contributed by atoms with Crippen LogP contribution in [0.1, 0.15) is 21.6 Å². The maximum atomic E-state index is 11.8. The van der Waals surface area contributed by atoms with Crippen LogP contribution in [0.4, 0.5) is 0 Å². The van der Waals surface area contributed by atoms with Gasteiger partial charge in [-0.05, 0) is 25.1 Å². The Labute approximate surface area is 104 Å².